The predicted molar refractivity (Wildman–Crippen MR) is 87.6 cm³/mol. The molecule has 0 atom stereocenters. The second-order valence-electron chi connectivity index (χ2n) is 5.41. The Kier molecular flexibility index (Phi) is 4.59. The molecular formula is C16H9F3N4O4. The number of aromatic nitrogens is 2. The molecule has 0 aliphatic rings. The van der Waals surface area contributed by atoms with Crippen LogP contribution >= 0.6 is 0 Å². The number of hydrogen-bond donors (Lipinski definition) is 1. The molecule has 0 fully saturated rings. The molecule has 0 radical (unpaired) electrons. The molecule has 0 bridgehead atoms. The average molecular weight is 378 g/mol. The second kappa shape index (κ2) is 6.86. The highest BCUT2D eigenvalue weighted by Gasteiger charge is 2.16. The molecule has 1 amide bonds. The Bertz CT molecular complexity index is 1150. The monoisotopic (exact) mass is 378 g/mol. The normalized spacial score (nSPS) is 10.8. The molecule has 3 aromatic rings. The molecular weight excluding hydrogens is 369 g/mol. The van der Waals surface area contributed by atoms with E-state index in [1.54, 1.807) is 0 Å². The first-order valence-corrected chi connectivity index (χ1v) is 7.35. The zero-order valence-corrected chi connectivity index (χ0v) is 13.3. The van der Waals surface area contributed by atoms with E-state index in [2.05, 4.69) is 4.98 Å². The average Bonchev–Trinajstić information content (AvgIpc) is 2.64. The number of nitrogens with zero attached hydrogens (tertiary/aromatic N) is 3. The number of carbonyl (C=O) groups excluding carboxylic acids is 1. The fourth-order valence-electron chi connectivity index (χ4n) is 2.34. The molecule has 0 aliphatic carbocycles. The first-order chi connectivity index (χ1) is 12.8. The van der Waals surface area contributed by atoms with Gasteiger partial charge < -0.3 is 5.32 Å². The summed E-state index contributed by atoms with van der Waals surface area (Å²) in [6.07, 6.45) is 0.996. The number of anilines is 1. The molecule has 0 aliphatic heterocycles. The molecule has 8 nitrogen and oxygen atoms in total. The minimum atomic E-state index is -1.74. The molecule has 1 aromatic heterocycles. The molecule has 1 N–H and O–H groups in total. The summed E-state index contributed by atoms with van der Waals surface area (Å²) < 4.78 is 40.6. The Balaban J connectivity index is 1.86. The highest BCUT2D eigenvalue weighted by Crippen LogP contribution is 2.20. The Labute approximate surface area is 148 Å². The van der Waals surface area contributed by atoms with Gasteiger partial charge in [-0.1, -0.05) is 0 Å². The molecule has 11 heteroatoms. The molecule has 27 heavy (non-hydrogen) atoms. The van der Waals surface area contributed by atoms with Crippen molar-refractivity contribution >= 4 is 28.2 Å². The number of rotatable bonds is 4. The van der Waals surface area contributed by atoms with E-state index in [1.807, 2.05) is 5.32 Å². The lowest BCUT2D eigenvalue weighted by Crippen LogP contribution is -2.28. The number of halogens is 3. The van der Waals surface area contributed by atoms with E-state index in [9.17, 15) is 32.9 Å². The molecule has 0 saturated carbocycles. The quantitative estimate of drug-likeness (QED) is 0.426. The number of hydrogen-bond acceptors (Lipinski definition) is 5. The third-order valence-electron chi connectivity index (χ3n) is 3.64. The zero-order valence-electron chi connectivity index (χ0n) is 13.3. The minimum absolute atomic E-state index is 0.0370. The zero-order chi connectivity index (χ0) is 19.7. The number of carbonyl (C=O) groups is 1. The van der Waals surface area contributed by atoms with Gasteiger partial charge in [0.05, 0.1) is 27.8 Å². The smallest absolute Gasteiger partial charge is 0.271 e. The maximum absolute atomic E-state index is 13.6. The topological polar surface area (TPSA) is 107 Å². The van der Waals surface area contributed by atoms with Crippen LogP contribution in [0.25, 0.3) is 10.9 Å². The van der Waals surface area contributed by atoms with Crippen molar-refractivity contribution in [2.45, 2.75) is 6.54 Å². The first kappa shape index (κ1) is 18.0. The number of nitrogens with one attached hydrogen (secondary N) is 1. The Hall–Kier alpha value is -3.76. The van der Waals surface area contributed by atoms with Crippen molar-refractivity contribution < 1.29 is 22.9 Å². The van der Waals surface area contributed by atoms with Gasteiger partial charge in [-0.2, -0.15) is 0 Å². The van der Waals surface area contributed by atoms with Crippen molar-refractivity contribution in [1.82, 2.24) is 9.55 Å². The molecule has 0 spiro atoms. The van der Waals surface area contributed by atoms with Gasteiger partial charge in [-0.15, -0.1) is 0 Å². The molecule has 0 saturated heterocycles. The van der Waals surface area contributed by atoms with Crippen molar-refractivity contribution in [3.05, 3.63) is 74.6 Å². The van der Waals surface area contributed by atoms with Crippen LogP contribution < -0.4 is 10.9 Å². The van der Waals surface area contributed by atoms with Crippen LogP contribution in [0.1, 0.15) is 0 Å². The second-order valence-corrected chi connectivity index (χ2v) is 5.41. The van der Waals surface area contributed by atoms with E-state index < -0.39 is 46.1 Å². The Morgan fingerprint density at radius 1 is 1.19 bits per heavy atom. The summed E-state index contributed by atoms with van der Waals surface area (Å²) in [4.78, 5) is 38.3. The largest absolute Gasteiger partial charge is 0.322 e. The summed E-state index contributed by atoms with van der Waals surface area (Å²) in [5.41, 5.74) is -1.43. The van der Waals surface area contributed by atoms with Crippen LogP contribution in [0.15, 0.2) is 41.5 Å². The molecule has 3 rings (SSSR count). The van der Waals surface area contributed by atoms with Gasteiger partial charge in [0.2, 0.25) is 5.91 Å². The molecule has 0 unspecified atom stereocenters. The van der Waals surface area contributed by atoms with Gasteiger partial charge >= 0.3 is 0 Å². The van der Waals surface area contributed by atoms with E-state index >= 15 is 0 Å². The van der Waals surface area contributed by atoms with Crippen molar-refractivity contribution in [2.24, 2.45) is 0 Å². The molecule has 138 valence electrons. The SMILES string of the molecule is O=C(Cn1cnc2cc([N+](=O)[O-])ccc2c1=O)Nc1ccc(F)c(F)c1F. The number of benzene rings is 2. The van der Waals surface area contributed by atoms with E-state index in [1.165, 1.54) is 6.07 Å². The van der Waals surface area contributed by atoms with E-state index in [-0.39, 0.29) is 16.6 Å². The van der Waals surface area contributed by atoms with Gasteiger partial charge in [0.1, 0.15) is 6.54 Å². The van der Waals surface area contributed by atoms with E-state index in [0.717, 1.165) is 29.1 Å². The van der Waals surface area contributed by atoms with Crippen LogP contribution in [0.2, 0.25) is 0 Å². The lowest BCUT2D eigenvalue weighted by molar-refractivity contribution is -0.384. The fourth-order valence-corrected chi connectivity index (χ4v) is 2.34. The Morgan fingerprint density at radius 2 is 1.93 bits per heavy atom. The summed E-state index contributed by atoms with van der Waals surface area (Å²) in [5, 5.41) is 12.8. The van der Waals surface area contributed by atoms with Gasteiger partial charge in [-0.25, -0.2) is 18.2 Å². The van der Waals surface area contributed by atoms with Crippen LogP contribution in [0, 0.1) is 27.6 Å². The number of nitro benzene ring substituents is 1. The summed E-state index contributed by atoms with van der Waals surface area (Å²) in [5.74, 6) is -5.60. The van der Waals surface area contributed by atoms with Gasteiger partial charge in [0.25, 0.3) is 11.2 Å². The summed E-state index contributed by atoms with van der Waals surface area (Å²) >= 11 is 0. The first-order valence-electron chi connectivity index (χ1n) is 7.35. The van der Waals surface area contributed by atoms with E-state index in [4.69, 9.17) is 0 Å². The van der Waals surface area contributed by atoms with Gasteiger partial charge in [-0.3, -0.25) is 24.3 Å². The highest BCUT2D eigenvalue weighted by atomic mass is 19.2. The minimum Gasteiger partial charge on any atom is -0.322 e. The van der Waals surface area contributed by atoms with Gasteiger partial charge in [0, 0.05) is 12.1 Å². The van der Waals surface area contributed by atoms with Crippen molar-refractivity contribution in [3.8, 4) is 0 Å². The number of non-ortho nitro benzene ring substituents is 1. The standard InChI is InChI=1S/C16H9F3N4O4/c17-10-3-4-11(15(19)14(10)18)21-13(24)6-22-7-20-12-5-8(23(26)27)1-2-9(12)16(22)25/h1-5,7H,6H2,(H,21,24). The highest BCUT2D eigenvalue weighted by molar-refractivity contribution is 5.91. The number of fused-ring (bicyclic) bond motifs is 1. The number of nitro groups is 1. The lowest BCUT2D eigenvalue weighted by atomic mass is 10.2. The summed E-state index contributed by atoms with van der Waals surface area (Å²) in [6, 6.07) is 4.91. The van der Waals surface area contributed by atoms with Crippen LogP contribution in [-0.2, 0) is 11.3 Å². The van der Waals surface area contributed by atoms with Crippen LogP contribution in [0.4, 0.5) is 24.5 Å². The van der Waals surface area contributed by atoms with Crippen molar-refractivity contribution in [3.63, 3.8) is 0 Å². The molecule has 1 heterocycles. The van der Waals surface area contributed by atoms with Crippen molar-refractivity contribution in [2.75, 3.05) is 5.32 Å². The maximum atomic E-state index is 13.6. The van der Waals surface area contributed by atoms with E-state index in [0.29, 0.717) is 6.07 Å². The van der Waals surface area contributed by atoms with Crippen LogP contribution in [-0.4, -0.2) is 20.4 Å². The summed E-state index contributed by atoms with van der Waals surface area (Å²) in [6.45, 7) is -0.586. The van der Waals surface area contributed by atoms with Gasteiger partial charge in [0.15, 0.2) is 17.5 Å². The number of amides is 1. The van der Waals surface area contributed by atoms with Crippen LogP contribution in [0.5, 0.6) is 0 Å². The Morgan fingerprint density at radius 3 is 2.63 bits per heavy atom. The van der Waals surface area contributed by atoms with Crippen LogP contribution in [0.3, 0.4) is 0 Å². The fraction of sp³-hybridized carbons (Fsp3) is 0.0625. The maximum Gasteiger partial charge on any atom is 0.271 e. The predicted octanol–water partition coefficient (Wildman–Crippen LogP) is 2.36. The lowest BCUT2D eigenvalue weighted by Gasteiger charge is -2.09. The van der Waals surface area contributed by atoms with Gasteiger partial charge in [-0.05, 0) is 18.2 Å². The molecule has 2 aromatic carbocycles. The summed E-state index contributed by atoms with van der Waals surface area (Å²) in [7, 11) is 0. The third-order valence-corrected chi connectivity index (χ3v) is 3.64. The third kappa shape index (κ3) is 3.47. The van der Waals surface area contributed by atoms with Crippen molar-refractivity contribution in [1.29, 1.82) is 0 Å².